The molecular weight excluding hydrogens is 791 g/mol. The molecule has 0 unspecified atom stereocenters. The fourth-order valence-electron chi connectivity index (χ4n) is 9.92. The van der Waals surface area contributed by atoms with Crippen molar-refractivity contribution in [2.24, 2.45) is 0 Å². The molecule has 0 aliphatic carbocycles. The molecule has 0 amide bonds. The summed E-state index contributed by atoms with van der Waals surface area (Å²) in [6.45, 7) is 0. The zero-order chi connectivity index (χ0) is 42.8. The molecule has 13 aromatic rings. The fraction of sp³-hybridized carbons (Fsp3) is 0. The topological polar surface area (TPSA) is 40.6 Å². The van der Waals surface area contributed by atoms with E-state index in [0.717, 1.165) is 61.7 Å². The number of rotatable bonds is 7. The zero-order valence-electron chi connectivity index (χ0n) is 35.3. The highest BCUT2D eigenvalue weighted by atomic mass is 15.0. The highest BCUT2D eigenvalue weighted by Crippen LogP contribution is 2.42. The normalized spacial score (nSPS) is 11.7. The average molecular weight is 830 g/mol. The van der Waals surface area contributed by atoms with Gasteiger partial charge in [-0.2, -0.15) is 0 Å². The largest absolute Gasteiger partial charge is 0.316 e. The molecule has 5 nitrogen and oxygen atoms in total. The van der Waals surface area contributed by atoms with Crippen molar-refractivity contribution in [3.8, 4) is 62.1 Å². The van der Waals surface area contributed by atoms with Crippen LogP contribution in [0.15, 0.2) is 237 Å². The third kappa shape index (κ3) is 6.01. The summed E-state index contributed by atoms with van der Waals surface area (Å²) in [6.07, 6.45) is 2.25. The molecule has 4 heterocycles. The first kappa shape index (κ1) is 36.8. The van der Waals surface area contributed by atoms with E-state index in [1.54, 1.807) is 0 Å². The van der Waals surface area contributed by atoms with Crippen molar-refractivity contribution < 1.29 is 0 Å². The summed E-state index contributed by atoms with van der Waals surface area (Å²) < 4.78 is 7.22. The van der Waals surface area contributed by atoms with Gasteiger partial charge >= 0.3 is 0 Å². The van der Waals surface area contributed by atoms with Gasteiger partial charge in [0.1, 0.15) is 0 Å². The Balaban J connectivity index is 1.01. The molecule has 0 N–H and O–H groups in total. The Morgan fingerprint density at radius 3 is 1.62 bits per heavy atom. The van der Waals surface area contributed by atoms with Gasteiger partial charge in [0.05, 0.1) is 44.7 Å². The molecule has 0 atom stereocenters. The van der Waals surface area contributed by atoms with Crippen molar-refractivity contribution in [3.63, 3.8) is 0 Å². The predicted octanol–water partition coefficient (Wildman–Crippen LogP) is 15.3. The average Bonchev–Trinajstić information content (AvgIpc) is 4.08. The zero-order valence-corrected chi connectivity index (χ0v) is 35.3. The van der Waals surface area contributed by atoms with Crippen LogP contribution in [0.3, 0.4) is 0 Å². The predicted molar refractivity (Wildman–Crippen MR) is 269 cm³/mol. The summed E-state index contributed by atoms with van der Waals surface area (Å²) in [5.41, 5.74) is 16.4. The van der Waals surface area contributed by atoms with Gasteiger partial charge in [0.2, 0.25) is 0 Å². The van der Waals surface area contributed by atoms with Crippen LogP contribution in [-0.2, 0) is 0 Å². The van der Waals surface area contributed by atoms with Crippen molar-refractivity contribution in [2.45, 2.75) is 0 Å². The van der Waals surface area contributed by atoms with E-state index in [-0.39, 0.29) is 0 Å². The smallest absolute Gasteiger partial charge is 0.160 e. The quantitative estimate of drug-likeness (QED) is 0.161. The van der Waals surface area contributed by atoms with Gasteiger partial charge in [-0.25, -0.2) is 9.97 Å². The van der Waals surface area contributed by atoms with Gasteiger partial charge in [-0.05, 0) is 83.9 Å². The van der Waals surface area contributed by atoms with E-state index in [0.29, 0.717) is 5.82 Å². The van der Waals surface area contributed by atoms with Gasteiger partial charge in [-0.15, -0.1) is 0 Å². The molecule has 0 radical (unpaired) electrons. The van der Waals surface area contributed by atoms with Gasteiger partial charge in [-0.1, -0.05) is 158 Å². The van der Waals surface area contributed by atoms with Crippen LogP contribution < -0.4 is 0 Å². The van der Waals surface area contributed by atoms with Crippen LogP contribution in [0.4, 0.5) is 0 Å². The standard InChI is InChI=1S/C60H39N5/c1-5-16-40(17-6-1)44-30-34-55-50(38-44)58-56(63-37-36-49-53(63)35-33-48-47-24-13-14-25-54(47)65(59(48)49)45-22-11-4-12-23-45)26-15-27-57(58)64(55)46-31-28-42(29-32-46)52-39-51(41-18-7-2-8-19-41)61-60(62-52)43-20-9-3-10-21-43/h1-39H. The summed E-state index contributed by atoms with van der Waals surface area (Å²) in [5, 5.41) is 6.09. The van der Waals surface area contributed by atoms with Crippen molar-refractivity contribution in [1.29, 1.82) is 0 Å². The van der Waals surface area contributed by atoms with Crippen molar-refractivity contribution in [2.75, 3.05) is 0 Å². The Kier molecular flexibility index (Phi) is 8.46. The van der Waals surface area contributed by atoms with E-state index in [9.17, 15) is 0 Å². The molecule has 5 heteroatoms. The SMILES string of the molecule is c1ccc(-c2ccc3c(c2)c2c(-n4ccc5c4ccc4c6ccccc6n(-c6ccccc6)c45)cccc2n3-c2ccc(-c3cc(-c4ccccc4)nc(-c4ccccc4)n3)cc2)cc1. The Morgan fingerprint density at radius 1 is 0.308 bits per heavy atom. The van der Waals surface area contributed by atoms with Crippen molar-refractivity contribution >= 4 is 54.5 Å². The first-order chi connectivity index (χ1) is 32.2. The maximum absolute atomic E-state index is 5.13. The molecule has 65 heavy (non-hydrogen) atoms. The molecule has 0 spiro atoms. The lowest BCUT2D eigenvalue weighted by Gasteiger charge is -2.12. The van der Waals surface area contributed by atoms with Gasteiger partial charge in [-0.3, -0.25) is 0 Å². The minimum absolute atomic E-state index is 0.704. The molecule has 0 saturated carbocycles. The lowest BCUT2D eigenvalue weighted by molar-refractivity contribution is 1.14. The Labute approximate surface area is 375 Å². The monoisotopic (exact) mass is 829 g/mol. The van der Waals surface area contributed by atoms with Crippen LogP contribution in [0, 0.1) is 0 Å². The molecule has 0 aliphatic heterocycles. The van der Waals surface area contributed by atoms with E-state index >= 15 is 0 Å². The third-order valence-corrected chi connectivity index (χ3v) is 12.9. The van der Waals surface area contributed by atoms with Gasteiger partial charge < -0.3 is 13.7 Å². The Hall–Kier alpha value is -8.80. The second kappa shape index (κ2) is 14.9. The Morgan fingerprint density at radius 2 is 0.877 bits per heavy atom. The molecule has 0 fully saturated rings. The number of hydrogen-bond donors (Lipinski definition) is 0. The molecule has 13 rings (SSSR count). The summed E-state index contributed by atoms with van der Waals surface area (Å²) in [5.74, 6) is 0.704. The number of nitrogens with zero attached hydrogens (tertiary/aromatic N) is 5. The van der Waals surface area contributed by atoms with Crippen molar-refractivity contribution in [3.05, 3.63) is 237 Å². The Bertz CT molecular complexity index is 3840. The molecule has 0 bridgehead atoms. The van der Waals surface area contributed by atoms with E-state index in [4.69, 9.17) is 9.97 Å². The van der Waals surface area contributed by atoms with E-state index in [2.05, 4.69) is 226 Å². The summed E-state index contributed by atoms with van der Waals surface area (Å²) in [6, 6.07) is 82.2. The molecule has 9 aromatic carbocycles. The molecule has 0 saturated heterocycles. The highest BCUT2D eigenvalue weighted by molar-refractivity contribution is 6.19. The molecule has 4 aromatic heterocycles. The summed E-state index contributed by atoms with van der Waals surface area (Å²) in [7, 11) is 0. The van der Waals surface area contributed by atoms with Crippen molar-refractivity contribution in [1.82, 2.24) is 23.7 Å². The second-order valence-corrected chi connectivity index (χ2v) is 16.6. The number of aromatic nitrogens is 5. The van der Waals surface area contributed by atoms with Crippen LogP contribution in [0.1, 0.15) is 0 Å². The highest BCUT2D eigenvalue weighted by Gasteiger charge is 2.21. The van der Waals surface area contributed by atoms with Crippen LogP contribution >= 0.6 is 0 Å². The first-order valence-electron chi connectivity index (χ1n) is 22.1. The minimum atomic E-state index is 0.704. The van der Waals surface area contributed by atoms with Crippen LogP contribution in [0.2, 0.25) is 0 Å². The molecular formula is C60H39N5. The fourth-order valence-corrected chi connectivity index (χ4v) is 9.92. The number of para-hydroxylation sites is 2. The summed E-state index contributed by atoms with van der Waals surface area (Å²) in [4.78, 5) is 10.2. The van der Waals surface area contributed by atoms with Gasteiger partial charge in [0.25, 0.3) is 0 Å². The molecule has 304 valence electrons. The third-order valence-electron chi connectivity index (χ3n) is 12.9. The first-order valence-corrected chi connectivity index (χ1v) is 22.1. The van der Waals surface area contributed by atoms with E-state index < -0.39 is 0 Å². The number of fused-ring (bicyclic) bond motifs is 8. The van der Waals surface area contributed by atoms with Gasteiger partial charge in [0, 0.05) is 61.2 Å². The summed E-state index contributed by atoms with van der Waals surface area (Å²) >= 11 is 0. The molecule has 0 aliphatic rings. The second-order valence-electron chi connectivity index (χ2n) is 16.6. The van der Waals surface area contributed by atoms with E-state index in [1.807, 2.05) is 24.3 Å². The number of hydrogen-bond acceptors (Lipinski definition) is 2. The van der Waals surface area contributed by atoms with Crippen LogP contribution in [-0.4, -0.2) is 23.7 Å². The maximum atomic E-state index is 5.13. The van der Waals surface area contributed by atoms with E-state index in [1.165, 1.54) is 49.1 Å². The van der Waals surface area contributed by atoms with Crippen LogP contribution in [0.25, 0.3) is 117 Å². The maximum Gasteiger partial charge on any atom is 0.160 e. The minimum Gasteiger partial charge on any atom is -0.316 e. The van der Waals surface area contributed by atoms with Gasteiger partial charge in [0.15, 0.2) is 5.82 Å². The number of benzene rings is 9. The lowest BCUT2D eigenvalue weighted by atomic mass is 10.0. The van der Waals surface area contributed by atoms with Crippen LogP contribution in [0.5, 0.6) is 0 Å². The lowest BCUT2D eigenvalue weighted by Crippen LogP contribution is -1.97.